The number of benzene rings is 2. The molecule has 14 heteroatoms. The predicted molar refractivity (Wildman–Crippen MR) is 137 cm³/mol. The number of aliphatic hydroxyl groups excluding tert-OH is 6. The highest BCUT2D eigenvalue weighted by atomic mass is 16.7. The van der Waals surface area contributed by atoms with Crippen molar-refractivity contribution < 1.29 is 63.8 Å². The quantitative estimate of drug-likeness (QED) is 0.176. The summed E-state index contributed by atoms with van der Waals surface area (Å²) in [6.07, 6.45) is -13.8. The maximum atomic E-state index is 12.8. The van der Waals surface area contributed by atoms with Gasteiger partial charge in [-0.05, 0) is 24.3 Å². The predicted octanol–water partition coefficient (Wildman–Crippen LogP) is -1.18. The van der Waals surface area contributed by atoms with Gasteiger partial charge in [0.05, 0.1) is 20.3 Å². The lowest BCUT2D eigenvalue weighted by atomic mass is 9.99. The van der Waals surface area contributed by atoms with Crippen LogP contribution in [0.25, 0.3) is 22.3 Å². The van der Waals surface area contributed by atoms with E-state index in [9.17, 15) is 40.5 Å². The minimum absolute atomic E-state index is 0.0340. The van der Waals surface area contributed by atoms with Gasteiger partial charge in [0.25, 0.3) is 0 Å². The molecule has 2 aliphatic heterocycles. The second-order valence-electron chi connectivity index (χ2n) is 9.74. The van der Waals surface area contributed by atoms with Crippen LogP contribution in [0.15, 0.2) is 51.7 Å². The minimum Gasteiger partial charge on any atom is -0.507 e. The summed E-state index contributed by atoms with van der Waals surface area (Å²) in [6.45, 7) is -0.787. The van der Waals surface area contributed by atoms with Gasteiger partial charge in [-0.3, -0.25) is 4.79 Å². The Balaban J connectivity index is 1.35. The van der Waals surface area contributed by atoms with Crippen molar-refractivity contribution in [2.24, 2.45) is 0 Å². The molecule has 7 N–H and O–H groups in total. The van der Waals surface area contributed by atoms with Gasteiger partial charge < -0.3 is 63.8 Å². The van der Waals surface area contributed by atoms with E-state index in [4.69, 9.17) is 28.1 Å². The number of ether oxygens (including phenoxy) is 5. The standard InChI is InChI=1S/C27H30O14/c1-36-12-4-2-11(3-5-12)17-8-15(29)20-14(28)6-13(7-18(20)40-17)39-27-25(35)23(33)22(32)19(41-27)10-38-26-24(34)21(31)16(30)9-37-26/h2-8,16,19,21-28,30-35H,9-10H2,1H3/t16-,19-,21+,22-,23+,24-,25-,26+,27-/m1/s1. The van der Waals surface area contributed by atoms with Crippen molar-refractivity contribution in [3.05, 3.63) is 52.7 Å². The zero-order chi connectivity index (χ0) is 29.4. The molecule has 2 saturated heterocycles. The lowest BCUT2D eigenvalue weighted by molar-refractivity contribution is -0.307. The number of fused-ring (bicyclic) bond motifs is 1. The Morgan fingerprint density at radius 2 is 1.56 bits per heavy atom. The molecular formula is C27H30O14. The first kappa shape index (κ1) is 29.2. The normalized spacial score (nSPS) is 32.1. The van der Waals surface area contributed by atoms with E-state index in [0.717, 1.165) is 6.07 Å². The molecule has 0 amide bonds. The lowest BCUT2D eigenvalue weighted by Crippen LogP contribution is -2.61. The minimum atomic E-state index is -1.75. The van der Waals surface area contributed by atoms with Gasteiger partial charge in [-0.2, -0.15) is 0 Å². The topological polar surface area (TPSA) is 218 Å². The third kappa shape index (κ3) is 5.88. The number of methoxy groups -OCH3 is 1. The average Bonchev–Trinajstić information content (AvgIpc) is 2.96. The monoisotopic (exact) mass is 578 g/mol. The molecule has 0 radical (unpaired) electrons. The first-order valence-corrected chi connectivity index (χ1v) is 12.7. The molecule has 0 spiro atoms. The Bertz CT molecular complexity index is 1410. The average molecular weight is 579 g/mol. The lowest BCUT2D eigenvalue weighted by Gasteiger charge is -2.41. The number of rotatable bonds is 7. The second-order valence-corrected chi connectivity index (χ2v) is 9.74. The van der Waals surface area contributed by atoms with Crippen LogP contribution in [0.5, 0.6) is 17.2 Å². The third-order valence-corrected chi connectivity index (χ3v) is 6.96. The fraction of sp³-hybridized carbons (Fsp3) is 0.444. The van der Waals surface area contributed by atoms with Gasteiger partial charge in [0, 0.05) is 23.8 Å². The summed E-state index contributed by atoms with van der Waals surface area (Å²) in [4.78, 5) is 12.8. The molecule has 5 rings (SSSR count). The summed E-state index contributed by atoms with van der Waals surface area (Å²) in [5, 5.41) is 71.2. The van der Waals surface area contributed by atoms with Crippen LogP contribution in [0.4, 0.5) is 0 Å². The molecule has 0 bridgehead atoms. The smallest absolute Gasteiger partial charge is 0.229 e. The van der Waals surface area contributed by atoms with Gasteiger partial charge in [0.2, 0.25) is 6.29 Å². The molecule has 222 valence electrons. The van der Waals surface area contributed by atoms with Crippen molar-refractivity contribution in [2.75, 3.05) is 20.3 Å². The zero-order valence-corrected chi connectivity index (χ0v) is 21.6. The van der Waals surface area contributed by atoms with Crippen molar-refractivity contribution in [1.29, 1.82) is 0 Å². The fourth-order valence-electron chi connectivity index (χ4n) is 4.61. The number of phenols is 1. The van der Waals surface area contributed by atoms with Crippen molar-refractivity contribution in [3.8, 4) is 28.6 Å². The molecule has 41 heavy (non-hydrogen) atoms. The van der Waals surface area contributed by atoms with Gasteiger partial charge >= 0.3 is 0 Å². The number of aromatic hydroxyl groups is 1. The molecule has 14 nitrogen and oxygen atoms in total. The molecule has 2 fully saturated rings. The third-order valence-electron chi connectivity index (χ3n) is 6.96. The number of hydrogen-bond donors (Lipinski definition) is 7. The summed E-state index contributed by atoms with van der Waals surface area (Å²) in [5.41, 5.74) is 0.0135. The van der Waals surface area contributed by atoms with Crippen molar-refractivity contribution >= 4 is 11.0 Å². The Hall–Kier alpha value is -3.31. The van der Waals surface area contributed by atoms with Crippen LogP contribution in [0.2, 0.25) is 0 Å². The highest BCUT2D eigenvalue weighted by Crippen LogP contribution is 2.33. The molecule has 2 aliphatic rings. The number of hydrogen-bond acceptors (Lipinski definition) is 14. The van der Waals surface area contributed by atoms with Gasteiger partial charge in [-0.1, -0.05) is 0 Å². The van der Waals surface area contributed by atoms with Crippen molar-refractivity contribution in [2.45, 2.75) is 55.3 Å². The molecule has 0 aliphatic carbocycles. The van der Waals surface area contributed by atoms with E-state index in [1.54, 1.807) is 24.3 Å². The SMILES string of the molecule is COc1ccc(-c2cc(=O)c3c(O)cc(O[C@@H]4O[C@H](CO[C@@H]5OC[C@@H](O)[C@H](O)[C@H]5O)[C@@H](O)[C@H](O)[C@H]4O)cc3o2)cc1. The van der Waals surface area contributed by atoms with E-state index in [1.165, 1.54) is 19.2 Å². The van der Waals surface area contributed by atoms with Crippen LogP contribution >= 0.6 is 0 Å². The van der Waals surface area contributed by atoms with E-state index in [-0.39, 0.29) is 29.1 Å². The summed E-state index contributed by atoms with van der Waals surface area (Å²) < 4.78 is 32.8. The Kier molecular flexibility index (Phi) is 8.47. The van der Waals surface area contributed by atoms with E-state index >= 15 is 0 Å². The van der Waals surface area contributed by atoms with Crippen LogP contribution in [0.1, 0.15) is 0 Å². The van der Waals surface area contributed by atoms with Gasteiger partial charge in [-0.15, -0.1) is 0 Å². The number of aliphatic hydroxyl groups is 6. The first-order chi connectivity index (χ1) is 19.6. The second kappa shape index (κ2) is 11.9. The highest BCUT2D eigenvalue weighted by Gasteiger charge is 2.46. The van der Waals surface area contributed by atoms with E-state index in [1.807, 2.05) is 0 Å². The van der Waals surface area contributed by atoms with Crippen molar-refractivity contribution in [1.82, 2.24) is 0 Å². The fourth-order valence-corrected chi connectivity index (χ4v) is 4.61. The Morgan fingerprint density at radius 3 is 2.27 bits per heavy atom. The van der Waals surface area contributed by atoms with Crippen LogP contribution < -0.4 is 14.9 Å². The number of phenolic OH excluding ortho intramolecular Hbond substituents is 1. The zero-order valence-electron chi connectivity index (χ0n) is 21.6. The highest BCUT2D eigenvalue weighted by molar-refractivity contribution is 5.86. The van der Waals surface area contributed by atoms with Crippen LogP contribution in [0, 0.1) is 0 Å². The Morgan fingerprint density at radius 1 is 0.854 bits per heavy atom. The van der Waals surface area contributed by atoms with Gasteiger partial charge in [0.1, 0.15) is 76.7 Å². The summed E-state index contributed by atoms with van der Waals surface area (Å²) >= 11 is 0. The molecule has 1 aromatic heterocycles. The van der Waals surface area contributed by atoms with Gasteiger partial charge in [-0.25, -0.2) is 0 Å². The van der Waals surface area contributed by atoms with Crippen molar-refractivity contribution in [3.63, 3.8) is 0 Å². The summed E-state index contributed by atoms with van der Waals surface area (Å²) in [6, 6.07) is 10.4. The molecule has 3 aromatic rings. The largest absolute Gasteiger partial charge is 0.507 e. The molecule has 0 saturated carbocycles. The molecule has 3 heterocycles. The molecule has 2 aromatic carbocycles. The summed E-state index contributed by atoms with van der Waals surface area (Å²) in [7, 11) is 1.52. The van der Waals surface area contributed by atoms with E-state index in [2.05, 4.69) is 0 Å². The molecule has 0 unspecified atom stereocenters. The van der Waals surface area contributed by atoms with Crippen LogP contribution in [-0.4, -0.2) is 111 Å². The maximum Gasteiger partial charge on any atom is 0.229 e. The first-order valence-electron chi connectivity index (χ1n) is 12.7. The van der Waals surface area contributed by atoms with Crippen LogP contribution in [0.3, 0.4) is 0 Å². The molecule has 9 atom stereocenters. The van der Waals surface area contributed by atoms with E-state index < -0.39 is 73.1 Å². The summed E-state index contributed by atoms with van der Waals surface area (Å²) in [5.74, 6) is 0.241. The maximum absolute atomic E-state index is 12.8. The molecular weight excluding hydrogens is 548 g/mol. The Labute approximate surface area is 232 Å². The van der Waals surface area contributed by atoms with Gasteiger partial charge in [0.15, 0.2) is 11.7 Å². The van der Waals surface area contributed by atoms with E-state index in [0.29, 0.717) is 11.3 Å². The van der Waals surface area contributed by atoms with Crippen LogP contribution in [-0.2, 0) is 14.2 Å².